The van der Waals surface area contributed by atoms with Crippen molar-refractivity contribution in [2.24, 2.45) is 0 Å². The number of nitriles is 4. The molecule has 45 heavy (non-hydrogen) atoms. The number of anilines is 1. The molecule has 0 atom stereocenters. The summed E-state index contributed by atoms with van der Waals surface area (Å²) >= 11 is 6.89. The van der Waals surface area contributed by atoms with Crippen molar-refractivity contribution < 1.29 is 4.79 Å². The van der Waals surface area contributed by atoms with Gasteiger partial charge in [-0.25, -0.2) is 0 Å². The Labute approximate surface area is 274 Å². The molecule has 0 aliphatic heterocycles. The van der Waals surface area contributed by atoms with Crippen LogP contribution >= 0.6 is 45.3 Å². The maximum Gasteiger partial charge on any atom is 0.194 e. The molecular weight excluding hydrogens is 635 g/mol. The zero-order valence-corrected chi connectivity index (χ0v) is 27.2. The second-order valence-electron chi connectivity index (χ2n) is 10.3. The summed E-state index contributed by atoms with van der Waals surface area (Å²) in [5.74, 6) is -0.375. The maximum absolute atomic E-state index is 13.6. The summed E-state index contributed by atoms with van der Waals surface area (Å²) in [5.41, 5.74) is 3.38. The van der Waals surface area contributed by atoms with Gasteiger partial charge in [0.1, 0.15) is 29.8 Å². The summed E-state index contributed by atoms with van der Waals surface area (Å²) in [6, 6.07) is 23.7. The van der Waals surface area contributed by atoms with Gasteiger partial charge in [0.15, 0.2) is 5.78 Å². The first-order valence-corrected chi connectivity index (χ1v) is 17.2. The van der Waals surface area contributed by atoms with Crippen LogP contribution in [0.1, 0.15) is 45.8 Å². The molecule has 7 rings (SSSR count). The molecule has 0 amide bonds. The number of rotatable bonds is 5. The average Bonchev–Trinajstić information content (AvgIpc) is 3.85. The number of Topliss-reactive ketones (excluding diaryl/α,β-unsaturated/α-hetero) is 1. The highest BCUT2D eigenvalue weighted by Gasteiger charge is 2.34. The van der Waals surface area contributed by atoms with Crippen molar-refractivity contribution >= 4 is 96.7 Å². The van der Waals surface area contributed by atoms with E-state index in [1.807, 2.05) is 41.7 Å². The highest BCUT2D eigenvalue weighted by atomic mass is 32.1. The fraction of sp³-hybridized carbons (Fsp3) is 0.114. The second kappa shape index (κ2) is 11.1. The monoisotopic (exact) mass is 653 g/mol. The molecule has 0 saturated heterocycles. The van der Waals surface area contributed by atoms with E-state index in [1.165, 1.54) is 47.1 Å². The summed E-state index contributed by atoms with van der Waals surface area (Å²) in [6.07, 6.45) is 1.73. The van der Waals surface area contributed by atoms with Crippen molar-refractivity contribution in [1.29, 1.82) is 21.0 Å². The molecule has 0 radical (unpaired) electrons. The molecule has 4 aromatic heterocycles. The van der Waals surface area contributed by atoms with Crippen LogP contribution in [0.3, 0.4) is 0 Å². The van der Waals surface area contributed by atoms with E-state index in [2.05, 4.69) is 49.1 Å². The molecule has 0 saturated carbocycles. The number of hydrogen-bond donors (Lipinski definition) is 0. The average molecular weight is 654 g/mol. The van der Waals surface area contributed by atoms with Crippen molar-refractivity contribution in [3.63, 3.8) is 0 Å². The number of nitrogens with zero attached hydrogens (tertiary/aromatic N) is 5. The van der Waals surface area contributed by atoms with E-state index in [4.69, 9.17) is 0 Å². The molecule has 6 aromatic rings. The van der Waals surface area contributed by atoms with Crippen molar-refractivity contribution in [3.8, 4) is 34.7 Å². The zero-order valence-electron chi connectivity index (χ0n) is 23.9. The molecule has 0 bridgehead atoms. The lowest BCUT2D eigenvalue weighted by Gasteiger charge is -2.21. The predicted octanol–water partition coefficient (Wildman–Crippen LogP) is 9.73. The van der Waals surface area contributed by atoms with E-state index in [1.54, 1.807) is 40.1 Å². The standard InChI is InChI=1S/C35H19N5OS4/c1-3-40(4-2)22-7-5-18(6-8-22)27-13-29-33(43-27)35-34(45-29)32-28(44-35)12-23(42-32)11-26-30(21(16-38)17-39)24-9-19(14-36)20(15-37)10-25(24)31(26)41/h5-13H,3-4H2,1-2H3/b26-11-. The maximum atomic E-state index is 13.6. The summed E-state index contributed by atoms with van der Waals surface area (Å²) in [7, 11) is 0. The van der Waals surface area contributed by atoms with Gasteiger partial charge in [0.05, 0.1) is 29.9 Å². The Morgan fingerprint density at radius 1 is 0.756 bits per heavy atom. The predicted molar refractivity (Wildman–Crippen MR) is 186 cm³/mol. The van der Waals surface area contributed by atoms with Crippen molar-refractivity contribution in [1.82, 2.24) is 0 Å². The van der Waals surface area contributed by atoms with Crippen LogP contribution in [-0.4, -0.2) is 18.9 Å². The lowest BCUT2D eigenvalue weighted by Crippen LogP contribution is -2.21. The first-order chi connectivity index (χ1) is 21.9. The molecule has 1 aliphatic rings. The summed E-state index contributed by atoms with van der Waals surface area (Å²) in [5, 5.41) is 38.5. The Bertz CT molecular complexity index is 2450. The molecule has 0 fully saturated rings. The van der Waals surface area contributed by atoms with Crippen LogP contribution in [0.4, 0.5) is 5.69 Å². The van der Waals surface area contributed by atoms with Gasteiger partial charge in [-0.2, -0.15) is 21.0 Å². The number of fused-ring (bicyclic) bond motifs is 6. The van der Waals surface area contributed by atoms with Crippen molar-refractivity contribution in [3.05, 3.63) is 86.8 Å². The number of benzene rings is 2. The number of hydrogen-bond acceptors (Lipinski definition) is 10. The minimum Gasteiger partial charge on any atom is -0.372 e. The lowest BCUT2D eigenvalue weighted by atomic mass is 9.96. The third kappa shape index (κ3) is 4.47. The van der Waals surface area contributed by atoms with E-state index in [9.17, 15) is 25.8 Å². The Balaban J connectivity index is 1.29. The van der Waals surface area contributed by atoms with Crippen LogP contribution in [-0.2, 0) is 0 Å². The molecule has 2 aromatic carbocycles. The minimum atomic E-state index is -0.375. The number of ketones is 1. The third-order valence-electron chi connectivity index (χ3n) is 7.92. The summed E-state index contributed by atoms with van der Waals surface area (Å²) in [6.45, 7) is 6.29. The second-order valence-corrected chi connectivity index (χ2v) is 14.5. The topological polar surface area (TPSA) is 115 Å². The van der Waals surface area contributed by atoms with Gasteiger partial charge in [0.25, 0.3) is 0 Å². The SMILES string of the molecule is CCN(CC)c1ccc(-c2cc3sc4c5sc(/C=C6\C(=O)c7cc(C#N)c(C#N)cc7C6=C(C#N)C#N)cc5sc4c3s2)cc1. The Morgan fingerprint density at radius 3 is 1.96 bits per heavy atom. The van der Waals surface area contributed by atoms with Gasteiger partial charge in [0.2, 0.25) is 0 Å². The largest absolute Gasteiger partial charge is 0.372 e. The minimum absolute atomic E-state index is 0.0807. The lowest BCUT2D eigenvalue weighted by molar-refractivity contribution is 0.104. The van der Waals surface area contributed by atoms with Gasteiger partial charge in [0, 0.05) is 54.6 Å². The Hall–Kier alpha value is -5.07. The van der Waals surface area contributed by atoms with Crippen LogP contribution in [0.25, 0.3) is 50.3 Å². The van der Waals surface area contributed by atoms with Crippen LogP contribution in [0.2, 0.25) is 0 Å². The van der Waals surface area contributed by atoms with E-state index >= 15 is 0 Å². The molecule has 0 N–H and O–H groups in total. The van der Waals surface area contributed by atoms with Crippen LogP contribution in [0.15, 0.2) is 59.7 Å². The third-order valence-corrected chi connectivity index (χ3v) is 13.2. The van der Waals surface area contributed by atoms with Crippen LogP contribution in [0, 0.1) is 45.3 Å². The number of carbonyl (C=O) groups is 1. The molecule has 10 heteroatoms. The van der Waals surface area contributed by atoms with Crippen molar-refractivity contribution in [2.45, 2.75) is 13.8 Å². The van der Waals surface area contributed by atoms with Crippen LogP contribution in [0.5, 0.6) is 0 Å². The summed E-state index contributed by atoms with van der Waals surface area (Å²) in [4.78, 5) is 18.0. The quantitative estimate of drug-likeness (QED) is 0.135. The Morgan fingerprint density at radius 2 is 1.36 bits per heavy atom. The van der Waals surface area contributed by atoms with Gasteiger partial charge in [-0.1, -0.05) is 12.1 Å². The number of thiophene rings is 4. The van der Waals surface area contributed by atoms with E-state index < -0.39 is 0 Å². The molecule has 0 unspecified atom stereocenters. The molecule has 1 aliphatic carbocycles. The molecule has 4 heterocycles. The molecule has 0 spiro atoms. The van der Waals surface area contributed by atoms with Gasteiger partial charge >= 0.3 is 0 Å². The van der Waals surface area contributed by atoms with Crippen molar-refractivity contribution in [2.75, 3.05) is 18.0 Å². The van der Waals surface area contributed by atoms with Gasteiger partial charge in [-0.05, 0) is 67.4 Å². The van der Waals surface area contributed by atoms with Gasteiger partial charge in [-0.15, -0.1) is 45.3 Å². The number of allylic oxidation sites excluding steroid dienone is 3. The van der Waals surface area contributed by atoms with E-state index in [-0.39, 0.29) is 39.2 Å². The van der Waals surface area contributed by atoms with E-state index in [0.29, 0.717) is 5.56 Å². The zero-order chi connectivity index (χ0) is 31.4. The first-order valence-electron chi connectivity index (χ1n) is 14.0. The first kappa shape index (κ1) is 28.7. The Kier molecular flexibility index (Phi) is 7.10. The highest BCUT2D eigenvalue weighted by Crippen LogP contribution is 2.51. The normalized spacial score (nSPS) is 13.2. The molecular formula is C35H19N5OS4. The smallest absolute Gasteiger partial charge is 0.194 e. The van der Waals surface area contributed by atoms with Crippen LogP contribution < -0.4 is 4.90 Å². The fourth-order valence-electron chi connectivity index (χ4n) is 5.75. The van der Waals surface area contributed by atoms with Gasteiger partial charge in [-0.3, -0.25) is 4.79 Å². The number of carbonyl (C=O) groups excluding carboxylic acids is 1. The fourth-order valence-corrected chi connectivity index (χ4v) is 11.3. The summed E-state index contributed by atoms with van der Waals surface area (Å²) < 4.78 is 7.28. The van der Waals surface area contributed by atoms with E-state index in [0.717, 1.165) is 27.4 Å². The van der Waals surface area contributed by atoms with Gasteiger partial charge < -0.3 is 4.90 Å². The highest BCUT2D eigenvalue weighted by molar-refractivity contribution is 7.45. The molecule has 214 valence electrons. The molecule has 6 nitrogen and oxygen atoms in total.